The normalized spacial score (nSPS) is 16.4. The van der Waals surface area contributed by atoms with Crippen molar-refractivity contribution in [3.8, 4) is 23.3 Å². The van der Waals surface area contributed by atoms with Crippen molar-refractivity contribution in [1.82, 2.24) is 5.32 Å². The third-order valence-electron chi connectivity index (χ3n) is 3.74. The number of ether oxygens (including phenoxy) is 3. The minimum atomic E-state index is -0.662. The van der Waals surface area contributed by atoms with Crippen molar-refractivity contribution in [3.05, 3.63) is 54.1 Å². The van der Waals surface area contributed by atoms with Gasteiger partial charge in [0.1, 0.15) is 18.5 Å². The number of carbonyl (C=O) groups excluding carboxylic acids is 1. The molecule has 1 amide bonds. The molecular formula is C19H18N2O4. The van der Waals surface area contributed by atoms with E-state index in [0.717, 1.165) is 0 Å². The highest BCUT2D eigenvalue weighted by molar-refractivity contribution is 5.80. The Morgan fingerprint density at radius 2 is 2.00 bits per heavy atom. The zero-order valence-corrected chi connectivity index (χ0v) is 13.8. The molecule has 0 bridgehead atoms. The molecule has 128 valence electrons. The first-order chi connectivity index (χ1) is 12.2. The van der Waals surface area contributed by atoms with E-state index in [9.17, 15) is 4.79 Å². The van der Waals surface area contributed by atoms with Crippen molar-refractivity contribution in [3.63, 3.8) is 0 Å². The molecule has 0 aromatic heterocycles. The van der Waals surface area contributed by atoms with E-state index in [1.54, 1.807) is 31.2 Å². The molecule has 0 aliphatic carbocycles. The van der Waals surface area contributed by atoms with Crippen LogP contribution in [0, 0.1) is 11.3 Å². The van der Waals surface area contributed by atoms with E-state index >= 15 is 0 Å². The van der Waals surface area contributed by atoms with Gasteiger partial charge in [-0.1, -0.05) is 12.1 Å². The van der Waals surface area contributed by atoms with Crippen molar-refractivity contribution in [1.29, 1.82) is 5.26 Å². The van der Waals surface area contributed by atoms with Gasteiger partial charge in [0, 0.05) is 0 Å². The lowest BCUT2D eigenvalue weighted by Gasteiger charge is -2.27. The summed E-state index contributed by atoms with van der Waals surface area (Å²) in [6.07, 6.45) is -0.911. The fourth-order valence-electron chi connectivity index (χ4n) is 2.39. The van der Waals surface area contributed by atoms with Crippen LogP contribution in [0.4, 0.5) is 0 Å². The zero-order valence-electron chi connectivity index (χ0n) is 13.8. The summed E-state index contributed by atoms with van der Waals surface area (Å²) in [5.41, 5.74) is 0.541. The predicted octanol–water partition coefficient (Wildman–Crippen LogP) is 2.28. The number of fused-ring (bicyclic) bond motifs is 1. The van der Waals surface area contributed by atoms with E-state index in [0.29, 0.717) is 36.0 Å². The SMILES string of the molecule is CC(Oc1ccc(C#N)cc1)C(=O)NCC1COc2ccccc2O1. The molecule has 0 saturated carbocycles. The minimum absolute atomic E-state index is 0.244. The van der Waals surface area contributed by atoms with Crippen LogP contribution >= 0.6 is 0 Å². The molecule has 2 unspecified atom stereocenters. The van der Waals surface area contributed by atoms with E-state index in [-0.39, 0.29) is 12.0 Å². The van der Waals surface area contributed by atoms with Crippen molar-refractivity contribution in [2.24, 2.45) is 0 Å². The van der Waals surface area contributed by atoms with Gasteiger partial charge in [-0.3, -0.25) is 4.79 Å². The monoisotopic (exact) mass is 338 g/mol. The number of nitrogens with zero attached hydrogens (tertiary/aromatic N) is 1. The molecule has 0 fully saturated rings. The number of para-hydroxylation sites is 2. The highest BCUT2D eigenvalue weighted by Gasteiger charge is 2.22. The summed E-state index contributed by atoms with van der Waals surface area (Å²) < 4.78 is 17.0. The average Bonchev–Trinajstić information content (AvgIpc) is 2.66. The van der Waals surface area contributed by atoms with Gasteiger partial charge >= 0.3 is 0 Å². The van der Waals surface area contributed by atoms with Crippen LogP contribution in [0.3, 0.4) is 0 Å². The fraction of sp³-hybridized carbons (Fsp3) is 0.263. The average molecular weight is 338 g/mol. The Bertz CT molecular complexity index is 783. The van der Waals surface area contributed by atoms with Gasteiger partial charge in [0.15, 0.2) is 17.6 Å². The highest BCUT2D eigenvalue weighted by Crippen LogP contribution is 2.30. The molecule has 2 atom stereocenters. The third kappa shape index (κ3) is 4.21. The molecular weight excluding hydrogens is 320 g/mol. The Morgan fingerprint density at radius 3 is 2.72 bits per heavy atom. The summed E-state index contributed by atoms with van der Waals surface area (Å²) in [7, 11) is 0. The van der Waals surface area contributed by atoms with Crippen LogP contribution in [0.1, 0.15) is 12.5 Å². The van der Waals surface area contributed by atoms with Crippen LogP contribution in [0.15, 0.2) is 48.5 Å². The van der Waals surface area contributed by atoms with Crippen molar-refractivity contribution < 1.29 is 19.0 Å². The second-order valence-electron chi connectivity index (χ2n) is 5.64. The van der Waals surface area contributed by atoms with Crippen molar-refractivity contribution >= 4 is 5.91 Å². The molecule has 6 nitrogen and oxygen atoms in total. The van der Waals surface area contributed by atoms with Gasteiger partial charge in [-0.05, 0) is 43.3 Å². The molecule has 0 radical (unpaired) electrons. The van der Waals surface area contributed by atoms with Crippen LogP contribution in [0.2, 0.25) is 0 Å². The molecule has 2 aromatic rings. The second-order valence-corrected chi connectivity index (χ2v) is 5.64. The topological polar surface area (TPSA) is 80.6 Å². The van der Waals surface area contributed by atoms with Crippen LogP contribution in [0.25, 0.3) is 0 Å². The van der Waals surface area contributed by atoms with Gasteiger partial charge in [-0.15, -0.1) is 0 Å². The first-order valence-corrected chi connectivity index (χ1v) is 7.98. The standard InChI is InChI=1S/C19H18N2O4/c1-13(24-15-8-6-14(10-20)7-9-15)19(22)21-11-16-12-23-17-4-2-3-5-18(17)25-16/h2-9,13,16H,11-12H2,1H3,(H,21,22). The number of rotatable bonds is 5. The molecule has 1 aliphatic heterocycles. The van der Waals surface area contributed by atoms with Gasteiger partial charge in [-0.2, -0.15) is 5.26 Å². The predicted molar refractivity (Wildman–Crippen MR) is 90.6 cm³/mol. The van der Waals surface area contributed by atoms with E-state index < -0.39 is 6.10 Å². The number of benzene rings is 2. The lowest BCUT2D eigenvalue weighted by Crippen LogP contribution is -2.44. The van der Waals surface area contributed by atoms with E-state index in [4.69, 9.17) is 19.5 Å². The first kappa shape index (κ1) is 16.7. The Hall–Kier alpha value is -3.20. The molecule has 2 aromatic carbocycles. The van der Waals surface area contributed by atoms with Gasteiger partial charge in [0.05, 0.1) is 18.2 Å². The Labute approximate surface area is 145 Å². The van der Waals surface area contributed by atoms with Crippen molar-refractivity contribution in [2.75, 3.05) is 13.2 Å². The number of nitriles is 1. The van der Waals surface area contributed by atoms with E-state index in [1.807, 2.05) is 30.3 Å². The lowest BCUT2D eigenvalue weighted by atomic mass is 10.2. The molecule has 6 heteroatoms. The van der Waals surface area contributed by atoms with Gasteiger partial charge in [0.2, 0.25) is 0 Å². The molecule has 1 heterocycles. The summed E-state index contributed by atoms with van der Waals surface area (Å²) >= 11 is 0. The summed E-state index contributed by atoms with van der Waals surface area (Å²) in [5.74, 6) is 1.68. The van der Waals surface area contributed by atoms with Crippen LogP contribution in [-0.2, 0) is 4.79 Å². The Morgan fingerprint density at radius 1 is 1.28 bits per heavy atom. The summed E-state index contributed by atoms with van der Waals surface area (Å²) in [6, 6.07) is 16.1. The van der Waals surface area contributed by atoms with E-state index in [1.165, 1.54) is 0 Å². The lowest BCUT2D eigenvalue weighted by molar-refractivity contribution is -0.127. The number of carbonyl (C=O) groups is 1. The second kappa shape index (κ2) is 7.58. The molecule has 1 N–H and O–H groups in total. The van der Waals surface area contributed by atoms with Gasteiger partial charge in [0.25, 0.3) is 5.91 Å². The smallest absolute Gasteiger partial charge is 0.260 e. The van der Waals surface area contributed by atoms with Crippen LogP contribution in [-0.4, -0.2) is 31.3 Å². The fourth-order valence-corrected chi connectivity index (χ4v) is 2.39. The Balaban J connectivity index is 1.48. The molecule has 1 aliphatic rings. The third-order valence-corrected chi connectivity index (χ3v) is 3.74. The van der Waals surface area contributed by atoms with Crippen LogP contribution < -0.4 is 19.5 Å². The zero-order chi connectivity index (χ0) is 17.6. The maximum Gasteiger partial charge on any atom is 0.260 e. The molecule has 0 spiro atoms. The van der Waals surface area contributed by atoms with Gasteiger partial charge in [-0.25, -0.2) is 0 Å². The summed E-state index contributed by atoms with van der Waals surface area (Å²) in [4.78, 5) is 12.2. The van der Waals surface area contributed by atoms with Gasteiger partial charge < -0.3 is 19.5 Å². The largest absolute Gasteiger partial charge is 0.486 e. The maximum atomic E-state index is 12.2. The summed E-state index contributed by atoms with van der Waals surface area (Å²) in [5, 5.41) is 11.6. The molecule has 25 heavy (non-hydrogen) atoms. The van der Waals surface area contributed by atoms with Crippen LogP contribution in [0.5, 0.6) is 17.2 Å². The first-order valence-electron chi connectivity index (χ1n) is 7.98. The quantitative estimate of drug-likeness (QED) is 0.905. The molecule has 0 saturated heterocycles. The minimum Gasteiger partial charge on any atom is -0.486 e. The summed E-state index contributed by atoms with van der Waals surface area (Å²) in [6.45, 7) is 2.37. The number of nitrogens with one attached hydrogen (secondary N) is 1. The number of hydrogen-bond acceptors (Lipinski definition) is 5. The number of hydrogen-bond donors (Lipinski definition) is 1. The molecule has 3 rings (SSSR count). The highest BCUT2D eigenvalue weighted by atomic mass is 16.6. The van der Waals surface area contributed by atoms with E-state index in [2.05, 4.69) is 5.32 Å². The van der Waals surface area contributed by atoms with Crippen molar-refractivity contribution in [2.45, 2.75) is 19.1 Å². The maximum absolute atomic E-state index is 12.2. The number of amides is 1. The Kier molecular flexibility index (Phi) is 5.05.